The number of piperidine rings is 1. The molecule has 2 rings (SSSR count). The molecule has 0 bridgehead atoms. The van der Waals surface area contributed by atoms with Gasteiger partial charge in [-0.15, -0.1) is 0 Å². The Bertz CT molecular complexity index is 661. The minimum atomic E-state index is -3.58. The summed E-state index contributed by atoms with van der Waals surface area (Å²) in [5, 5.41) is 0. The van der Waals surface area contributed by atoms with Crippen LogP contribution in [0.1, 0.15) is 32.3 Å². The van der Waals surface area contributed by atoms with Gasteiger partial charge in [-0.25, -0.2) is 8.42 Å². The van der Waals surface area contributed by atoms with Gasteiger partial charge in [-0.1, -0.05) is 0 Å². The molecule has 2 unspecified atom stereocenters. The van der Waals surface area contributed by atoms with Gasteiger partial charge in [0.05, 0.1) is 17.1 Å². The molecule has 0 spiro atoms. The Morgan fingerprint density at radius 1 is 1.38 bits per heavy atom. The van der Waals surface area contributed by atoms with E-state index >= 15 is 0 Å². The van der Waals surface area contributed by atoms with Gasteiger partial charge < -0.3 is 15.2 Å². The molecule has 1 aromatic carbocycles. The Kier molecular flexibility index (Phi) is 6.25. The number of ether oxygens (including phenoxy) is 2. The Hall–Kier alpha value is -1.15. The third-order valence-electron chi connectivity index (χ3n) is 4.33. The normalized spacial score (nSPS) is 22.8. The molecular formula is C17H28N2O4S. The van der Waals surface area contributed by atoms with E-state index in [0.717, 1.165) is 5.56 Å². The number of aryl methyl sites for hydroxylation is 1. The Labute approximate surface area is 145 Å². The quantitative estimate of drug-likeness (QED) is 0.842. The van der Waals surface area contributed by atoms with Crippen molar-refractivity contribution in [2.45, 2.75) is 56.8 Å². The molecule has 1 aromatic rings. The molecule has 1 saturated heterocycles. The summed E-state index contributed by atoms with van der Waals surface area (Å²) in [5.41, 5.74) is 6.62. The van der Waals surface area contributed by atoms with E-state index in [1.54, 1.807) is 25.3 Å². The summed E-state index contributed by atoms with van der Waals surface area (Å²) < 4.78 is 38.6. The van der Waals surface area contributed by atoms with Crippen molar-refractivity contribution in [1.82, 2.24) is 4.31 Å². The van der Waals surface area contributed by atoms with Crippen LogP contribution >= 0.6 is 0 Å². The van der Waals surface area contributed by atoms with Gasteiger partial charge >= 0.3 is 0 Å². The van der Waals surface area contributed by atoms with Crippen LogP contribution in [-0.2, 0) is 14.8 Å². The first-order valence-corrected chi connectivity index (χ1v) is 9.75. The second-order valence-electron chi connectivity index (χ2n) is 6.48. The maximum absolute atomic E-state index is 13.0. The van der Waals surface area contributed by atoms with Crippen LogP contribution in [0.3, 0.4) is 0 Å². The molecule has 2 atom stereocenters. The van der Waals surface area contributed by atoms with Crippen molar-refractivity contribution in [3.05, 3.63) is 23.8 Å². The zero-order chi connectivity index (χ0) is 17.9. The second-order valence-corrected chi connectivity index (χ2v) is 8.37. The molecule has 0 aliphatic carbocycles. The monoisotopic (exact) mass is 356 g/mol. The van der Waals surface area contributed by atoms with Crippen molar-refractivity contribution in [3.8, 4) is 5.75 Å². The summed E-state index contributed by atoms with van der Waals surface area (Å²) >= 11 is 0. The van der Waals surface area contributed by atoms with E-state index in [2.05, 4.69) is 0 Å². The van der Waals surface area contributed by atoms with Gasteiger partial charge in [-0.3, -0.25) is 0 Å². The van der Waals surface area contributed by atoms with Crippen LogP contribution in [0.4, 0.5) is 0 Å². The lowest BCUT2D eigenvalue weighted by atomic mass is 10.0. The molecule has 1 aliphatic rings. The minimum Gasteiger partial charge on any atom is -0.491 e. The molecule has 0 radical (unpaired) electrons. The molecule has 24 heavy (non-hydrogen) atoms. The molecule has 7 heteroatoms. The minimum absolute atomic E-state index is 0.0425. The summed E-state index contributed by atoms with van der Waals surface area (Å²) in [6.07, 6.45) is 1.41. The van der Waals surface area contributed by atoms with Gasteiger partial charge in [0.25, 0.3) is 0 Å². The average molecular weight is 356 g/mol. The van der Waals surface area contributed by atoms with Gasteiger partial charge in [-0.05, 0) is 57.4 Å². The van der Waals surface area contributed by atoms with E-state index < -0.39 is 10.0 Å². The van der Waals surface area contributed by atoms with E-state index in [4.69, 9.17) is 15.2 Å². The zero-order valence-corrected chi connectivity index (χ0v) is 15.7. The fraction of sp³-hybridized carbons (Fsp3) is 0.647. The molecule has 1 heterocycles. The number of hydrogen-bond donors (Lipinski definition) is 1. The van der Waals surface area contributed by atoms with E-state index in [1.807, 2.05) is 20.8 Å². The Balaban J connectivity index is 2.28. The van der Waals surface area contributed by atoms with E-state index in [-0.39, 0.29) is 29.7 Å². The fourth-order valence-electron chi connectivity index (χ4n) is 3.04. The maximum atomic E-state index is 13.0. The summed E-state index contributed by atoms with van der Waals surface area (Å²) in [6, 6.07) is 4.77. The van der Waals surface area contributed by atoms with Crippen molar-refractivity contribution in [1.29, 1.82) is 0 Å². The first kappa shape index (κ1) is 19.2. The highest BCUT2D eigenvalue weighted by Gasteiger charge is 2.36. The van der Waals surface area contributed by atoms with Gasteiger partial charge in [-0.2, -0.15) is 4.31 Å². The fourth-order valence-corrected chi connectivity index (χ4v) is 4.79. The number of nitrogens with two attached hydrogens (primary N) is 1. The van der Waals surface area contributed by atoms with E-state index in [9.17, 15) is 8.42 Å². The smallest absolute Gasteiger partial charge is 0.243 e. The van der Waals surface area contributed by atoms with E-state index in [1.165, 1.54) is 4.31 Å². The largest absolute Gasteiger partial charge is 0.491 e. The predicted molar refractivity (Wildman–Crippen MR) is 93.7 cm³/mol. The number of hydrogen-bond acceptors (Lipinski definition) is 5. The van der Waals surface area contributed by atoms with Crippen molar-refractivity contribution in [3.63, 3.8) is 0 Å². The highest BCUT2D eigenvalue weighted by Crippen LogP contribution is 2.29. The van der Waals surface area contributed by atoms with Gasteiger partial charge in [0, 0.05) is 26.2 Å². The van der Waals surface area contributed by atoms with Crippen LogP contribution in [0, 0.1) is 6.92 Å². The van der Waals surface area contributed by atoms with Crippen molar-refractivity contribution in [2.24, 2.45) is 5.73 Å². The third-order valence-corrected chi connectivity index (χ3v) is 6.28. The highest BCUT2D eigenvalue weighted by molar-refractivity contribution is 7.89. The number of sulfonamides is 1. The lowest BCUT2D eigenvalue weighted by Crippen LogP contribution is -2.51. The molecule has 0 saturated carbocycles. The van der Waals surface area contributed by atoms with Crippen LogP contribution in [0.15, 0.2) is 23.1 Å². The summed E-state index contributed by atoms with van der Waals surface area (Å²) in [6.45, 7) is 6.44. The van der Waals surface area contributed by atoms with Crippen molar-refractivity contribution in [2.75, 3.05) is 20.2 Å². The highest BCUT2D eigenvalue weighted by atomic mass is 32.2. The summed E-state index contributed by atoms with van der Waals surface area (Å²) in [7, 11) is -1.93. The van der Waals surface area contributed by atoms with Crippen LogP contribution in [0.5, 0.6) is 5.75 Å². The average Bonchev–Trinajstić information content (AvgIpc) is 2.55. The molecule has 1 fully saturated rings. The van der Waals surface area contributed by atoms with Crippen molar-refractivity contribution < 1.29 is 17.9 Å². The van der Waals surface area contributed by atoms with Gasteiger partial charge in [0.1, 0.15) is 5.75 Å². The summed E-state index contributed by atoms with van der Waals surface area (Å²) in [5.74, 6) is 0.706. The molecule has 0 amide bonds. The molecule has 1 aliphatic heterocycles. The van der Waals surface area contributed by atoms with Gasteiger partial charge in [0.15, 0.2) is 0 Å². The summed E-state index contributed by atoms with van der Waals surface area (Å²) in [4.78, 5) is 0.283. The van der Waals surface area contributed by atoms with E-state index in [0.29, 0.717) is 25.1 Å². The second kappa shape index (κ2) is 7.82. The Morgan fingerprint density at radius 3 is 2.62 bits per heavy atom. The molecule has 2 N–H and O–H groups in total. The van der Waals surface area contributed by atoms with Gasteiger partial charge in [0.2, 0.25) is 10.0 Å². The lowest BCUT2D eigenvalue weighted by molar-refractivity contribution is 0.0401. The van der Waals surface area contributed by atoms with Crippen LogP contribution in [-0.4, -0.2) is 51.2 Å². The molecule has 6 nitrogen and oxygen atoms in total. The standard InChI is InChI=1S/C17H28N2O4S/c1-12(2)23-17-6-5-16(9-13(17)3)24(20,21)19-8-7-15(22-4)10-14(19)11-18/h5-6,9,12,14-15H,7-8,10-11,18H2,1-4H3. The van der Waals surface area contributed by atoms with Crippen LogP contribution in [0.25, 0.3) is 0 Å². The topological polar surface area (TPSA) is 81.9 Å². The first-order valence-electron chi connectivity index (χ1n) is 8.31. The SMILES string of the molecule is COC1CCN(S(=O)(=O)c2ccc(OC(C)C)c(C)c2)C(CN)C1. The maximum Gasteiger partial charge on any atom is 0.243 e. The zero-order valence-electron chi connectivity index (χ0n) is 14.9. The number of methoxy groups -OCH3 is 1. The van der Waals surface area contributed by atoms with Crippen LogP contribution in [0.2, 0.25) is 0 Å². The number of benzene rings is 1. The molecule has 136 valence electrons. The Morgan fingerprint density at radius 2 is 2.08 bits per heavy atom. The molecule has 0 aromatic heterocycles. The number of nitrogens with zero attached hydrogens (tertiary/aromatic N) is 1. The van der Waals surface area contributed by atoms with Crippen LogP contribution < -0.4 is 10.5 Å². The number of rotatable bonds is 6. The third kappa shape index (κ3) is 4.08. The first-order chi connectivity index (χ1) is 11.3. The van der Waals surface area contributed by atoms with Crippen molar-refractivity contribution >= 4 is 10.0 Å². The predicted octanol–water partition coefficient (Wildman–Crippen LogP) is 1.91. The lowest BCUT2D eigenvalue weighted by Gasteiger charge is -2.37. The molecular weight excluding hydrogens is 328 g/mol.